The third kappa shape index (κ3) is 4.21. The second-order valence-corrected chi connectivity index (χ2v) is 6.49. The van der Waals surface area contributed by atoms with Crippen molar-refractivity contribution in [1.29, 1.82) is 0 Å². The molecule has 2 aromatic rings. The maximum Gasteiger partial charge on any atom is 0.239 e. The molecule has 3 rings (SSSR count). The summed E-state index contributed by atoms with van der Waals surface area (Å²) in [6.45, 7) is -0.378. The fraction of sp³-hybridized carbons (Fsp3) is 0.263. The predicted molar refractivity (Wildman–Crippen MR) is 91.1 cm³/mol. The van der Waals surface area contributed by atoms with Crippen molar-refractivity contribution in [3.05, 3.63) is 65.0 Å². The lowest BCUT2D eigenvalue weighted by Crippen LogP contribution is -2.38. The van der Waals surface area contributed by atoms with Crippen molar-refractivity contribution in [2.45, 2.75) is 12.5 Å². The first-order chi connectivity index (χ1) is 13.7. The summed E-state index contributed by atoms with van der Waals surface area (Å²) in [7, 11) is 0. The van der Waals surface area contributed by atoms with Gasteiger partial charge in [0.1, 0.15) is 5.92 Å². The summed E-state index contributed by atoms with van der Waals surface area (Å²) >= 11 is 0. The zero-order valence-electron chi connectivity index (χ0n) is 14.8. The monoisotopic (exact) mass is 414 g/mol. The summed E-state index contributed by atoms with van der Waals surface area (Å²) in [4.78, 5) is 25.8. The van der Waals surface area contributed by atoms with E-state index in [0.29, 0.717) is 12.1 Å². The third-order valence-corrected chi connectivity index (χ3v) is 4.60. The molecule has 2 unspecified atom stereocenters. The van der Waals surface area contributed by atoms with Gasteiger partial charge in [-0.15, -0.1) is 0 Å². The minimum Gasteiger partial charge on any atom is -0.387 e. The van der Waals surface area contributed by atoms with Crippen molar-refractivity contribution in [3.63, 3.8) is 0 Å². The van der Waals surface area contributed by atoms with Gasteiger partial charge >= 0.3 is 0 Å². The molecule has 1 aliphatic heterocycles. The molecule has 1 aliphatic rings. The summed E-state index contributed by atoms with van der Waals surface area (Å²) < 4.78 is 65.9. The molecule has 154 valence electrons. The molecule has 2 N–H and O–H groups in total. The van der Waals surface area contributed by atoms with Crippen LogP contribution in [0.2, 0.25) is 0 Å². The number of rotatable bonds is 5. The molecule has 1 saturated heterocycles. The maximum atomic E-state index is 13.4. The molecule has 2 aromatic carbocycles. The Hall–Kier alpha value is -3.01. The predicted octanol–water partition coefficient (Wildman–Crippen LogP) is 2.58. The Balaban J connectivity index is 1.62. The zero-order valence-corrected chi connectivity index (χ0v) is 14.8. The number of halogens is 5. The van der Waals surface area contributed by atoms with Gasteiger partial charge in [0.05, 0.1) is 6.10 Å². The topological polar surface area (TPSA) is 69.6 Å². The van der Waals surface area contributed by atoms with Crippen LogP contribution in [-0.4, -0.2) is 30.0 Å². The number of hydrogen-bond acceptors (Lipinski definition) is 3. The first kappa shape index (κ1) is 20.7. The number of carbonyl (C=O) groups is 2. The fourth-order valence-electron chi connectivity index (χ4n) is 3.04. The van der Waals surface area contributed by atoms with Crippen LogP contribution in [0.1, 0.15) is 18.1 Å². The van der Waals surface area contributed by atoms with Gasteiger partial charge in [0, 0.05) is 24.8 Å². The number of anilines is 1. The lowest BCUT2D eigenvalue weighted by molar-refractivity contribution is -0.132. The summed E-state index contributed by atoms with van der Waals surface area (Å²) in [5, 5.41) is 12.3. The van der Waals surface area contributed by atoms with E-state index >= 15 is 0 Å². The van der Waals surface area contributed by atoms with Crippen molar-refractivity contribution in [1.82, 2.24) is 5.32 Å². The van der Waals surface area contributed by atoms with Crippen LogP contribution in [0.4, 0.5) is 27.6 Å². The first-order valence-corrected chi connectivity index (χ1v) is 8.55. The smallest absolute Gasteiger partial charge is 0.239 e. The summed E-state index contributed by atoms with van der Waals surface area (Å²) in [6, 6.07) is 4.11. The summed E-state index contributed by atoms with van der Waals surface area (Å²) in [5.74, 6) is -9.38. The molecule has 0 aromatic heterocycles. The molecule has 0 saturated carbocycles. The van der Waals surface area contributed by atoms with Crippen molar-refractivity contribution in [2.24, 2.45) is 5.92 Å². The highest BCUT2D eigenvalue weighted by molar-refractivity contribution is 6.09. The Morgan fingerprint density at radius 1 is 1.07 bits per heavy atom. The molecule has 29 heavy (non-hydrogen) atoms. The van der Waals surface area contributed by atoms with Crippen LogP contribution in [0.15, 0.2) is 30.3 Å². The maximum absolute atomic E-state index is 13.4. The van der Waals surface area contributed by atoms with E-state index in [2.05, 4.69) is 5.32 Å². The quantitative estimate of drug-likeness (QED) is 0.449. The van der Waals surface area contributed by atoms with Gasteiger partial charge in [0.2, 0.25) is 11.8 Å². The van der Waals surface area contributed by atoms with Gasteiger partial charge < -0.3 is 15.3 Å². The van der Waals surface area contributed by atoms with Gasteiger partial charge in [-0.1, -0.05) is 0 Å². The molecular formula is C19H15F5N2O3. The van der Waals surface area contributed by atoms with Crippen LogP contribution in [0, 0.1) is 35.0 Å². The fourth-order valence-corrected chi connectivity index (χ4v) is 3.04. The van der Waals surface area contributed by atoms with E-state index in [1.54, 1.807) is 0 Å². The van der Waals surface area contributed by atoms with Crippen molar-refractivity contribution >= 4 is 17.5 Å². The van der Waals surface area contributed by atoms with Gasteiger partial charge in [-0.2, -0.15) is 0 Å². The molecule has 1 fully saturated rings. The van der Waals surface area contributed by atoms with E-state index in [0.717, 1.165) is 17.0 Å². The molecule has 0 aliphatic carbocycles. The summed E-state index contributed by atoms with van der Waals surface area (Å²) in [5.41, 5.74) is -0.190. The Kier molecular flexibility index (Phi) is 5.83. The Bertz CT molecular complexity index is 946. The number of nitrogens with zero attached hydrogens (tertiary/aromatic N) is 1. The van der Waals surface area contributed by atoms with E-state index in [4.69, 9.17) is 0 Å². The Morgan fingerprint density at radius 2 is 1.72 bits per heavy atom. The Morgan fingerprint density at radius 3 is 2.34 bits per heavy atom. The standard InChI is InChI=1S/C19H15F5N2O3/c20-12-2-1-10(7-13(12)21)26-4-3-11(19(26)29)18(28)25-8-16(27)9-5-14(22)17(24)15(23)6-9/h1-2,5-7,11,16,27H,3-4,8H2,(H,25,28). The van der Waals surface area contributed by atoms with E-state index in [9.17, 15) is 36.6 Å². The highest BCUT2D eigenvalue weighted by Crippen LogP contribution is 2.27. The van der Waals surface area contributed by atoms with Gasteiger partial charge in [-0.25, -0.2) is 22.0 Å². The molecular weight excluding hydrogens is 399 g/mol. The van der Waals surface area contributed by atoms with Crippen LogP contribution < -0.4 is 10.2 Å². The number of aliphatic hydroxyl groups excluding tert-OH is 1. The van der Waals surface area contributed by atoms with E-state index in [1.165, 1.54) is 6.07 Å². The number of carbonyl (C=O) groups excluding carboxylic acids is 2. The van der Waals surface area contributed by atoms with Gasteiger partial charge in [-0.05, 0) is 36.2 Å². The van der Waals surface area contributed by atoms with Crippen molar-refractivity contribution < 1.29 is 36.6 Å². The molecule has 5 nitrogen and oxygen atoms in total. The van der Waals surface area contributed by atoms with Gasteiger partial charge in [-0.3, -0.25) is 9.59 Å². The van der Waals surface area contributed by atoms with Crippen LogP contribution >= 0.6 is 0 Å². The molecule has 0 spiro atoms. The minimum absolute atomic E-state index is 0.0962. The number of nitrogens with one attached hydrogen (secondary N) is 1. The molecule has 10 heteroatoms. The average Bonchev–Trinajstić information content (AvgIpc) is 3.07. The molecule has 1 heterocycles. The van der Waals surface area contributed by atoms with Crippen molar-refractivity contribution in [2.75, 3.05) is 18.0 Å². The van der Waals surface area contributed by atoms with Crippen LogP contribution in [0.5, 0.6) is 0 Å². The van der Waals surface area contributed by atoms with Gasteiger partial charge in [0.15, 0.2) is 29.1 Å². The first-order valence-electron chi connectivity index (χ1n) is 8.55. The lowest BCUT2D eigenvalue weighted by atomic mass is 10.1. The van der Waals surface area contributed by atoms with E-state index in [1.807, 2.05) is 0 Å². The van der Waals surface area contributed by atoms with E-state index < -0.39 is 59.5 Å². The van der Waals surface area contributed by atoms with Crippen LogP contribution in [0.25, 0.3) is 0 Å². The zero-order chi connectivity index (χ0) is 21.3. The average molecular weight is 414 g/mol. The normalized spacial score (nSPS) is 17.5. The second-order valence-electron chi connectivity index (χ2n) is 6.49. The van der Waals surface area contributed by atoms with Gasteiger partial charge in [0.25, 0.3) is 0 Å². The molecule has 2 atom stereocenters. The highest BCUT2D eigenvalue weighted by Gasteiger charge is 2.38. The third-order valence-electron chi connectivity index (χ3n) is 4.60. The number of hydrogen-bond donors (Lipinski definition) is 2. The van der Waals surface area contributed by atoms with Crippen LogP contribution in [0.3, 0.4) is 0 Å². The summed E-state index contributed by atoms with van der Waals surface area (Å²) in [6.07, 6.45) is -1.44. The van der Waals surface area contributed by atoms with E-state index in [-0.39, 0.29) is 24.2 Å². The lowest BCUT2D eigenvalue weighted by Gasteiger charge is -2.18. The number of amides is 2. The SMILES string of the molecule is O=C(NCC(O)c1cc(F)c(F)c(F)c1)C1CCN(c2ccc(F)c(F)c2)C1=O. The molecule has 0 bridgehead atoms. The number of aliphatic hydroxyl groups is 1. The minimum atomic E-state index is -1.68. The highest BCUT2D eigenvalue weighted by atomic mass is 19.2. The Labute approximate surface area is 161 Å². The molecule has 2 amide bonds. The largest absolute Gasteiger partial charge is 0.387 e. The molecule has 0 radical (unpaired) electrons. The second kappa shape index (κ2) is 8.16. The number of benzene rings is 2. The van der Waals surface area contributed by atoms with Crippen molar-refractivity contribution in [3.8, 4) is 0 Å². The van der Waals surface area contributed by atoms with Crippen LogP contribution in [-0.2, 0) is 9.59 Å².